The summed E-state index contributed by atoms with van der Waals surface area (Å²) in [5.41, 5.74) is 5.91. The number of Topliss-reactive ketones (excluding diaryl/α,β-unsaturated/α-hetero) is 1. The van der Waals surface area contributed by atoms with Crippen LogP contribution < -0.4 is 11.1 Å². The summed E-state index contributed by atoms with van der Waals surface area (Å²) in [6.45, 7) is 3.81. The largest absolute Gasteiger partial charge is 0.480 e. The molecule has 1 aliphatic rings. The van der Waals surface area contributed by atoms with E-state index in [4.69, 9.17) is 5.73 Å². The maximum absolute atomic E-state index is 12.7. The first-order valence-electron chi connectivity index (χ1n) is 10.4. The molecule has 0 saturated carbocycles. The van der Waals surface area contributed by atoms with Crippen LogP contribution in [0.2, 0.25) is 0 Å². The predicted molar refractivity (Wildman–Crippen MR) is 118 cm³/mol. The summed E-state index contributed by atoms with van der Waals surface area (Å²) < 4.78 is 0. The standard InChI is InChI=1S/C21H33N3O6S/c1-13(2)14(12-17(25)15(22)9-11-31-3)20(28)23-16(21(29)30)6-4-5-10-24-18(26)7-8-19(24)27/h7-8,13-16H,4-6,9-12,22H2,1-3H3,(H,23,28)(H,29,30). The maximum atomic E-state index is 12.7. The summed E-state index contributed by atoms with van der Waals surface area (Å²) in [6, 6.07) is -1.75. The van der Waals surface area contributed by atoms with Crippen LogP contribution in [0.5, 0.6) is 0 Å². The molecule has 3 atom stereocenters. The summed E-state index contributed by atoms with van der Waals surface area (Å²) in [5.74, 6) is -2.70. The van der Waals surface area contributed by atoms with Gasteiger partial charge in [0, 0.05) is 31.0 Å². The smallest absolute Gasteiger partial charge is 0.326 e. The van der Waals surface area contributed by atoms with Gasteiger partial charge in [0.05, 0.1) is 6.04 Å². The number of imide groups is 1. The summed E-state index contributed by atoms with van der Waals surface area (Å²) in [5, 5.41) is 12.0. The fourth-order valence-corrected chi connectivity index (χ4v) is 3.70. The Balaban J connectivity index is 2.58. The topological polar surface area (TPSA) is 147 Å². The van der Waals surface area contributed by atoms with Crippen molar-refractivity contribution in [2.24, 2.45) is 17.6 Å². The van der Waals surface area contributed by atoms with Crippen LogP contribution in [0.3, 0.4) is 0 Å². The highest BCUT2D eigenvalue weighted by Gasteiger charge is 2.30. The van der Waals surface area contributed by atoms with Crippen LogP contribution in [-0.4, -0.2) is 70.1 Å². The summed E-state index contributed by atoms with van der Waals surface area (Å²) in [7, 11) is 0. The van der Waals surface area contributed by atoms with Crippen molar-refractivity contribution in [3.8, 4) is 0 Å². The molecule has 0 aromatic rings. The number of ketones is 1. The zero-order valence-corrected chi connectivity index (χ0v) is 19.2. The number of thioether (sulfide) groups is 1. The van der Waals surface area contributed by atoms with Gasteiger partial charge in [-0.3, -0.25) is 24.1 Å². The number of unbranched alkanes of at least 4 members (excludes halogenated alkanes) is 1. The molecule has 174 valence electrons. The first-order valence-corrected chi connectivity index (χ1v) is 11.8. The van der Waals surface area contributed by atoms with Crippen LogP contribution in [0, 0.1) is 11.8 Å². The normalized spacial score (nSPS) is 16.5. The van der Waals surface area contributed by atoms with Crippen LogP contribution in [0.15, 0.2) is 12.2 Å². The third kappa shape index (κ3) is 8.82. The number of amides is 3. The van der Waals surface area contributed by atoms with Crippen molar-refractivity contribution in [1.29, 1.82) is 0 Å². The summed E-state index contributed by atoms with van der Waals surface area (Å²) in [4.78, 5) is 60.9. The summed E-state index contributed by atoms with van der Waals surface area (Å²) in [6.07, 6.45) is 5.79. The van der Waals surface area contributed by atoms with Crippen molar-refractivity contribution >= 4 is 41.2 Å². The van der Waals surface area contributed by atoms with Crippen molar-refractivity contribution in [1.82, 2.24) is 10.2 Å². The van der Waals surface area contributed by atoms with E-state index in [0.717, 1.165) is 10.7 Å². The molecule has 9 nitrogen and oxygen atoms in total. The lowest BCUT2D eigenvalue weighted by Crippen LogP contribution is -2.46. The van der Waals surface area contributed by atoms with Gasteiger partial charge in [-0.05, 0) is 43.6 Å². The first kappa shape index (κ1) is 26.8. The quantitative estimate of drug-likeness (QED) is 0.244. The minimum atomic E-state index is -1.17. The van der Waals surface area contributed by atoms with Crippen molar-refractivity contribution in [3.63, 3.8) is 0 Å². The van der Waals surface area contributed by atoms with E-state index < -0.39 is 29.9 Å². The van der Waals surface area contributed by atoms with Gasteiger partial charge in [0.1, 0.15) is 11.8 Å². The molecule has 0 bridgehead atoms. The van der Waals surface area contributed by atoms with Gasteiger partial charge in [0.2, 0.25) is 5.91 Å². The lowest BCUT2D eigenvalue weighted by Gasteiger charge is -2.24. The molecule has 3 amide bonds. The van der Waals surface area contributed by atoms with Crippen molar-refractivity contribution in [2.45, 2.75) is 58.0 Å². The highest BCUT2D eigenvalue weighted by atomic mass is 32.2. The first-order chi connectivity index (χ1) is 14.6. The lowest BCUT2D eigenvalue weighted by molar-refractivity contribution is -0.143. The van der Waals surface area contributed by atoms with Gasteiger partial charge in [0.25, 0.3) is 11.8 Å². The Morgan fingerprint density at radius 1 is 1.13 bits per heavy atom. The Labute approximate surface area is 187 Å². The third-order valence-electron chi connectivity index (χ3n) is 5.25. The molecule has 1 rings (SSSR count). The third-order valence-corrected chi connectivity index (χ3v) is 5.89. The second-order valence-corrected chi connectivity index (χ2v) is 8.95. The molecule has 0 radical (unpaired) electrons. The van der Waals surface area contributed by atoms with E-state index in [1.807, 2.05) is 6.26 Å². The molecule has 1 heterocycles. The van der Waals surface area contributed by atoms with E-state index in [1.165, 1.54) is 12.2 Å². The lowest BCUT2D eigenvalue weighted by atomic mass is 9.87. The van der Waals surface area contributed by atoms with Crippen LogP contribution in [0.4, 0.5) is 0 Å². The Bertz CT molecular complexity index is 691. The minimum Gasteiger partial charge on any atom is -0.480 e. The van der Waals surface area contributed by atoms with Crippen LogP contribution in [0.25, 0.3) is 0 Å². The molecular formula is C21H33N3O6S. The minimum absolute atomic E-state index is 0.0302. The fraction of sp³-hybridized carbons (Fsp3) is 0.667. The number of carbonyl (C=O) groups is 5. The molecule has 31 heavy (non-hydrogen) atoms. The van der Waals surface area contributed by atoms with Gasteiger partial charge < -0.3 is 16.2 Å². The monoisotopic (exact) mass is 455 g/mol. The molecule has 1 aliphatic heterocycles. The maximum Gasteiger partial charge on any atom is 0.326 e. The SMILES string of the molecule is CSCCC(N)C(=O)CC(C(=O)NC(CCCCN1C(=O)C=CC1=O)C(=O)O)C(C)C. The fourth-order valence-electron chi connectivity index (χ4n) is 3.21. The van der Waals surface area contributed by atoms with Crippen molar-refractivity contribution < 1.29 is 29.1 Å². The number of nitrogens with two attached hydrogens (primary N) is 1. The van der Waals surface area contributed by atoms with E-state index in [2.05, 4.69) is 5.32 Å². The van der Waals surface area contributed by atoms with Gasteiger partial charge in [-0.2, -0.15) is 11.8 Å². The number of rotatable bonds is 15. The number of nitrogens with one attached hydrogen (secondary N) is 1. The number of carboxylic acid groups (broad SMARTS) is 1. The van der Waals surface area contributed by atoms with E-state index in [9.17, 15) is 29.1 Å². The van der Waals surface area contributed by atoms with E-state index in [-0.39, 0.29) is 42.9 Å². The Morgan fingerprint density at radius 2 is 1.74 bits per heavy atom. The van der Waals surface area contributed by atoms with Crippen molar-refractivity contribution in [2.75, 3.05) is 18.6 Å². The van der Waals surface area contributed by atoms with Gasteiger partial charge in [-0.25, -0.2) is 4.79 Å². The van der Waals surface area contributed by atoms with E-state index in [1.54, 1.807) is 25.6 Å². The molecule has 0 fully saturated rings. The zero-order valence-electron chi connectivity index (χ0n) is 18.3. The molecule has 10 heteroatoms. The van der Waals surface area contributed by atoms with Gasteiger partial charge >= 0.3 is 5.97 Å². The number of hydrogen-bond acceptors (Lipinski definition) is 7. The van der Waals surface area contributed by atoms with Gasteiger partial charge in [0.15, 0.2) is 0 Å². The molecule has 3 unspecified atom stereocenters. The number of carboxylic acids is 1. The van der Waals surface area contributed by atoms with Crippen LogP contribution in [0.1, 0.15) is 46.0 Å². The van der Waals surface area contributed by atoms with Crippen LogP contribution >= 0.6 is 11.8 Å². The second kappa shape index (κ2) is 13.3. The number of nitrogens with zero attached hydrogens (tertiary/aromatic N) is 1. The second-order valence-electron chi connectivity index (χ2n) is 7.97. The average Bonchev–Trinajstić information content (AvgIpc) is 3.03. The highest BCUT2D eigenvalue weighted by molar-refractivity contribution is 7.98. The zero-order chi connectivity index (χ0) is 23.6. The van der Waals surface area contributed by atoms with Crippen LogP contribution in [-0.2, 0) is 24.0 Å². The molecule has 4 N–H and O–H groups in total. The van der Waals surface area contributed by atoms with E-state index in [0.29, 0.717) is 19.3 Å². The predicted octanol–water partition coefficient (Wildman–Crippen LogP) is 0.963. The van der Waals surface area contributed by atoms with Crippen molar-refractivity contribution in [3.05, 3.63) is 12.2 Å². The van der Waals surface area contributed by atoms with E-state index >= 15 is 0 Å². The Morgan fingerprint density at radius 3 is 2.26 bits per heavy atom. The number of hydrogen-bond donors (Lipinski definition) is 3. The average molecular weight is 456 g/mol. The van der Waals surface area contributed by atoms with Gasteiger partial charge in [-0.1, -0.05) is 13.8 Å². The molecule has 0 saturated heterocycles. The van der Waals surface area contributed by atoms with Gasteiger partial charge in [-0.15, -0.1) is 0 Å². The molecule has 0 spiro atoms. The molecular weight excluding hydrogens is 422 g/mol. The summed E-state index contributed by atoms with van der Waals surface area (Å²) >= 11 is 1.59. The number of carbonyl (C=O) groups excluding carboxylic acids is 4. The highest BCUT2D eigenvalue weighted by Crippen LogP contribution is 2.18. The Kier molecular flexibility index (Phi) is 11.5. The number of aliphatic carboxylic acids is 1. The Hall–Kier alpha value is -2.20. The molecule has 0 aromatic carbocycles. The molecule has 0 aliphatic carbocycles. The molecule has 0 aromatic heterocycles.